The first-order chi connectivity index (χ1) is 12.7. The largest absolute Gasteiger partial charge is 0.493 e. The van der Waals surface area contributed by atoms with Crippen LogP contribution >= 0.6 is 0 Å². The van der Waals surface area contributed by atoms with Crippen LogP contribution < -0.4 is 10.1 Å². The van der Waals surface area contributed by atoms with Crippen molar-refractivity contribution in [2.75, 3.05) is 33.8 Å². The Morgan fingerprint density at radius 1 is 1.30 bits per heavy atom. The molecule has 1 aromatic heterocycles. The predicted molar refractivity (Wildman–Crippen MR) is 99.6 cm³/mol. The zero-order valence-electron chi connectivity index (χ0n) is 16.2. The number of nitrogens with one attached hydrogen (secondary N) is 2. The number of H-pyrrole nitrogens is 1. The van der Waals surface area contributed by atoms with Crippen LogP contribution in [0.3, 0.4) is 0 Å². The van der Waals surface area contributed by atoms with Crippen molar-refractivity contribution in [3.05, 3.63) is 35.5 Å². The molecule has 2 N–H and O–H groups in total. The van der Waals surface area contributed by atoms with E-state index in [2.05, 4.69) is 20.4 Å². The molecule has 0 bridgehead atoms. The molecule has 27 heavy (non-hydrogen) atoms. The zero-order valence-corrected chi connectivity index (χ0v) is 16.2. The van der Waals surface area contributed by atoms with Gasteiger partial charge in [-0.05, 0) is 38.2 Å². The second kappa shape index (κ2) is 9.23. The Morgan fingerprint density at radius 3 is 2.67 bits per heavy atom. The van der Waals surface area contributed by atoms with Gasteiger partial charge in [-0.25, -0.2) is 0 Å². The summed E-state index contributed by atoms with van der Waals surface area (Å²) < 4.78 is 45.9. The van der Waals surface area contributed by atoms with E-state index in [0.717, 1.165) is 24.7 Å². The fraction of sp³-hybridized carbons (Fsp3) is 0.526. The third-order valence-electron chi connectivity index (χ3n) is 4.03. The number of aromatic amines is 1. The third kappa shape index (κ3) is 5.97. The Hall–Kier alpha value is -2.06. The van der Waals surface area contributed by atoms with E-state index in [4.69, 9.17) is 4.74 Å². The first-order valence-electron chi connectivity index (χ1n) is 8.92. The molecule has 2 aromatic rings. The Bertz CT molecular complexity index is 728. The summed E-state index contributed by atoms with van der Waals surface area (Å²) in [7, 11) is 3.83. The van der Waals surface area contributed by atoms with Crippen LogP contribution in [0.25, 0.3) is 11.3 Å². The molecule has 1 aromatic carbocycles. The highest BCUT2D eigenvalue weighted by Gasteiger charge is 2.35. The summed E-state index contributed by atoms with van der Waals surface area (Å²) >= 11 is 0. The van der Waals surface area contributed by atoms with Gasteiger partial charge in [0.05, 0.1) is 17.9 Å². The summed E-state index contributed by atoms with van der Waals surface area (Å²) in [6, 6.07) is 4.12. The van der Waals surface area contributed by atoms with E-state index in [1.807, 2.05) is 27.9 Å². The van der Waals surface area contributed by atoms with Crippen LogP contribution in [0.15, 0.2) is 24.4 Å². The van der Waals surface area contributed by atoms with Gasteiger partial charge in [0.25, 0.3) is 0 Å². The molecule has 0 saturated carbocycles. The van der Waals surface area contributed by atoms with Gasteiger partial charge in [0.15, 0.2) is 0 Å². The highest BCUT2D eigenvalue weighted by Crippen LogP contribution is 2.39. The summed E-state index contributed by atoms with van der Waals surface area (Å²) in [6.45, 7) is 6.23. The molecule has 0 atom stereocenters. The van der Waals surface area contributed by atoms with Crippen LogP contribution in [0, 0.1) is 5.92 Å². The van der Waals surface area contributed by atoms with Crippen molar-refractivity contribution in [2.24, 2.45) is 5.92 Å². The van der Waals surface area contributed by atoms with Crippen LogP contribution in [0.1, 0.15) is 25.0 Å². The topological polar surface area (TPSA) is 53.2 Å². The van der Waals surface area contributed by atoms with E-state index < -0.39 is 11.7 Å². The maximum absolute atomic E-state index is 13.5. The van der Waals surface area contributed by atoms with Crippen LogP contribution in [-0.2, 0) is 12.7 Å². The van der Waals surface area contributed by atoms with Gasteiger partial charge >= 0.3 is 6.18 Å². The number of rotatable bonds is 9. The second-order valence-corrected chi connectivity index (χ2v) is 7.01. The molecular weight excluding hydrogens is 357 g/mol. The van der Waals surface area contributed by atoms with E-state index in [-0.39, 0.29) is 18.3 Å². The van der Waals surface area contributed by atoms with Crippen LogP contribution in [-0.4, -0.2) is 48.9 Å². The standard InChI is InChI=1S/C19H27F3N4O/c1-13(2)12-27-17-6-5-14(9-16(17)19(20,21)22)18-15(10-24-25-18)11-26(4)8-7-23-3/h5-6,9-10,13,23H,7-8,11-12H2,1-4H3,(H,24,25). The minimum Gasteiger partial charge on any atom is -0.493 e. The number of hydrogen-bond acceptors (Lipinski definition) is 4. The molecule has 0 saturated heterocycles. The van der Waals surface area contributed by atoms with Crippen LogP contribution in [0.4, 0.5) is 13.2 Å². The molecule has 2 rings (SSSR count). The quantitative estimate of drug-likeness (QED) is 0.691. The van der Waals surface area contributed by atoms with Crippen LogP contribution in [0.5, 0.6) is 5.75 Å². The first kappa shape index (κ1) is 21.2. The van der Waals surface area contributed by atoms with Crippen LogP contribution in [0.2, 0.25) is 0 Å². The highest BCUT2D eigenvalue weighted by molar-refractivity contribution is 5.65. The molecule has 1 heterocycles. The maximum atomic E-state index is 13.5. The fourth-order valence-electron chi connectivity index (χ4n) is 2.64. The van der Waals surface area contributed by atoms with E-state index in [9.17, 15) is 13.2 Å². The van der Waals surface area contributed by atoms with Crippen molar-refractivity contribution in [3.63, 3.8) is 0 Å². The number of aromatic nitrogens is 2. The van der Waals surface area contributed by atoms with Gasteiger partial charge in [-0.2, -0.15) is 18.3 Å². The number of alkyl halides is 3. The summed E-state index contributed by atoms with van der Waals surface area (Å²) in [5.74, 6) is -0.0139. The summed E-state index contributed by atoms with van der Waals surface area (Å²) in [5, 5.41) is 10.0. The van der Waals surface area contributed by atoms with Gasteiger partial charge in [0, 0.05) is 37.0 Å². The Labute approximate surface area is 157 Å². The Balaban J connectivity index is 2.30. The molecule has 0 spiro atoms. The lowest BCUT2D eigenvalue weighted by Gasteiger charge is -2.18. The number of benzene rings is 1. The lowest BCUT2D eigenvalue weighted by molar-refractivity contribution is -0.139. The predicted octanol–water partition coefficient (Wildman–Crippen LogP) is 3.78. The highest BCUT2D eigenvalue weighted by atomic mass is 19.4. The molecule has 0 radical (unpaired) electrons. The minimum atomic E-state index is -4.50. The average Bonchev–Trinajstić information content (AvgIpc) is 3.05. The molecule has 0 aliphatic rings. The summed E-state index contributed by atoms with van der Waals surface area (Å²) in [6.07, 6.45) is -2.77. The molecule has 0 amide bonds. The molecule has 0 fully saturated rings. The SMILES string of the molecule is CNCCN(C)Cc1c[nH]nc1-c1ccc(OCC(C)C)c(C(F)(F)F)c1. The number of halogens is 3. The summed E-state index contributed by atoms with van der Waals surface area (Å²) in [5.41, 5.74) is 1.00. The van der Waals surface area contributed by atoms with Gasteiger partial charge in [-0.15, -0.1) is 0 Å². The Morgan fingerprint density at radius 2 is 2.04 bits per heavy atom. The van der Waals surface area contributed by atoms with Crippen molar-refractivity contribution in [2.45, 2.75) is 26.6 Å². The first-order valence-corrected chi connectivity index (χ1v) is 8.92. The van der Waals surface area contributed by atoms with Gasteiger partial charge in [-0.1, -0.05) is 13.8 Å². The zero-order chi connectivity index (χ0) is 20.0. The average molecular weight is 384 g/mol. The smallest absolute Gasteiger partial charge is 0.419 e. The van der Waals surface area contributed by atoms with E-state index in [1.165, 1.54) is 6.07 Å². The molecular formula is C19H27F3N4O. The van der Waals surface area contributed by atoms with E-state index >= 15 is 0 Å². The van der Waals surface area contributed by atoms with Gasteiger partial charge in [-0.3, -0.25) is 5.10 Å². The second-order valence-electron chi connectivity index (χ2n) is 7.01. The number of nitrogens with zero attached hydrogens (tertiary/aromatic N) is 2. The van der Waals surface area contributed by atoms with Gasteiger partial charge in [0.2, 0.25) is 0 Å². The van der Waals surface area contributed by atoms with Gasteiger partial charge < -0.3 is 15.0 Å². The number of likely N-dealkylation sites (N-methyl/N-ethyl adjacent to an activating group) is 2. The maximum Gasteiger partial charge on any atom is 0.419 e. The van der Waals surface area contributed by atoms with Crippen molar-refractivity contribution in [3.8, 4) is 17.0 Å². The number of ether oxygens (including phenoxy) is 1. The molecule has 150 valence electrons. The monoisotopic (exact) mass is 384 g/mol. The third-order valence-corrected chi connectivity index (χ3v) is 4.03. The van der Waals surface area contributed by atoms with Crippen molar-refractivity contribution in [1.82, 2.24) is 20.4 Å². The lowest BCUT2D eigenvalue weighted by atomic mass is 10.0. The molecule has 0 unspecified atom stereocenters. The van der Waals surface area contributed by atoms with E-state index in [1.54, 1.807) is 12.3 Å². The lowest BCUT2D eigenvalue weighted by Crippen LogP contribution is -2.27. The van der Waals surface area contributed by atoms with Crippen molar-refractivity contribution >= 4 is 0 Å². The van der Waals surface area contributed by atoms with Crippen molar-refractivity contribution < 1.29 is 17.9 Å². The molecule has 5 nitrogen and oxygen atoms in total. The van der Waals surface area contributed by atoms with Crippen molar-refractivity contribution in [1.29, 1.82) is 0 Å². The van der Waals surface area contributed by atoms with E-state index in [0.29, 0.717) is 17.8 Å². The Kier molecular flexibility index (Phi) is 7.26. The minimum absolute atomic E-state index is 0.136. The molecule has 0 aliphatic heterocycles. The normalized spacial score (nSPS) is 12.2. The molecule has 0 aliphatic carbocycles. The summed E-state index contributed by atoms with van der Waals surface area (Å²) in [4.78, 5) is 2.08. The fourth-order valence-corrected chi connectivity index (χ4v) is 2.64. The van der Waals surface area contributed by atoms with Gasteiger partial charge in [0.1, 0.15) is 5.75 Å². The number of hydrogen-bond donors (Lipinski definition) is 2. The molecule has 8 heteroatoms.